The monoisotopic (exact) mass is 309 g/mol. The zero-order valence-electron chi connectivity index (χ0n) is 12.6. The second-order valence-corrected chi connectivity index (χ2v) is 5.88. The number of carbonyl (C=O) groups excluding carboxylic acids is 1. The standard InChI is InChI=1S/C16H23NO3S/c1-3-19-16(18)15(17-11-13-5-4-10-20-13)12-6-8-14(21-2)9-7-12/h6-9,13,15,17H,3-5,10-11H2,1-2H3. The van der Waals surface area contributed by atoms with Crippen LogP contribution in [0.3, 0.4) is 0 Å². The molecular weight excluding hydrogens is 286 g/mol. The van der Waals surface area contributed by atoms with Crippen molar-refractivity contribution in [3.8, 4) is 0 Å². The molecule has 1 N–H and O–H groups in total. The summed E-state index contributed by atoms with van der Waals surface area (Å²) in [7, 11) is 0. The molecule has 0 saturated carbocycles. The fourth-order valence-electron chi connectivity index (χ4n) is 2.41. The average molecular weight is 309 g/mol. The normalized spacial score (nSPS) is 19.4. The molecule has 0 aromatic heterocycles. The van der Waals surface area contributed by atoms with Gasteiger partial charge in [-0.25, -0.2) is 4.79 Å². The first-order valence-electron chi connectivity index (χ1n) is 7.40. The number of hydrogen-bond donors (Lipinski definition) is 1. The van der Waals surface area contributed by atoms with Crippen molar-refractivity contribution in [3.63, 3.8) is 0 Å². The zero-order valence-corrected chi connectivity index (χ0v) is 13.4. The van der Waals surface area contributed by atoms with Gasteiger partial charge in [-0.1, -0.05) is 12.1 Å². The number of thioether (sulfide) groups is 1. The second kappa shape index (κ2) is 8.41. The van der Waals surface area contributed by atoms with E-state index in [-0.39, 0.29) is 12.1 Å². The third-order valence-electron chi connectivity index (χ3n) is 3.55. The Kier molecular flexibility index (Phi) is 6.54. The molecule has 5 heteroatoms. The van der Waals surface area contributed by atoms with Gasteiger partial charge in [0.1, 0.15) is 6.04 Å². The third-order valence-corrected chi connectivity index (χ3v) is 4.29. The van der Waals surface area contributed by atoms with Gasteiger partial charge >= 0.3 is 5.97 Å². The van der Waals surface area contributed by atoms with Gasteiger partial charge in [-0.2, -0.15) is 0 Å². The van der Waals surface area contributed by atoms with Crippen molar-refractivity contribution < 1.29 is 14.3 Å². The van der Waals surface area contributed by atoms with Crippen molar-refractivity contribution in [2.24, 2.45) is 0 Å². The molecule has 1 heterocycles. The first-order chi connectivity index (χ1) is 10.2. The van der Waals surface area contributed by atoms with Crippen LogP contribution < -0.4 is 5.32 Å². The molecule has 2 unspecified atom stereocenters. The molecule has 2 rings (SSSR count). The summed E-state index contributed by atoms with van der Waals surface area (Å²) in [6.07, 6.45) is 4.38. The maximum absolute atomic E-state index is 12.2. The van der Waals surface area contributed by atoms with Crippen molar-refractivity contribution in [3.05, 3.63) is 29.8 Å². The molecule has 0 radical (unpaired) electrons. The summed E-state index contributed by atoms with van der Waals surface area (Å²) in [5.41, 5.74) is 0.934. The Hall–Kier alpha value is -1.04. The van der Waals surface area contributed by atoms with Crippen LogP contribution in [0.5, 0.6) is 0 Å². The number of rotatable bonds is 7. The molecule has 116 valence electrons. The number of esters is 1. The number of nitrogens with one attached hydrogen (secondary N) is 1. The van der Waals surface area contributed by atoms with E-state index in [0.717, 1.165) is 25.0 Å². The van der Waals surface area contributed by atoms with E-state index in [9.17, 15) is 4.79 Å². The quantitative estimate of drug-likeness (QED) is 0.620. The molecule has 1 aromatic rings. The van der Waals surface area contributed by atoms with Gasteiger partial charge in [0.25, 0.3) is 0 Å². The highest BCUT2D eigenvalue weighted by molar-refractivity contribution is 7.98. The highest BCUT2D eigenvalue weighted by Crippen LogP contribution is 2.21. The van der Waals surface area contributed by atoms with Crippen molar-refractivity contribution in [1.29, 1.82) is 0 Å². The van der Waals surface area contributed by atoms with Gasteiger partial charge in [-0.3, -0.25) is 5.32 Å². The molecule has 0 aliphatic carbocycles. The first kappa shape index (κ1) is 16.3. The fraction of sp³-hybridized carbons (Fsp3) is 0.562. The van der Waals surface area contributed by atoms with Gasteiger partial charge in [0, 0.05) is 18.0 Å². The smallest absolute Gasteiger partial charge is 0.327 e. The van der Waals surface area contributed by atoms with Crippen LogP contribution in [-0.4, -0.2) is 38.1 Å². The molecular formula is C16H23NO3S. The molecule has 21 heavy (non-hydrogen) atoms. The summed E-state index contributed by atoms with van der Waals surface area (Å²) in [6.45, 7) is 3.71. The first-order valence-corrected chi connectivity index (χ1v) is 8.62. The summed E-state index contributed by atoms with van der Waals surface area (Å²) in [5.74, 6) is -0.229. The molecule has 0 amide bonds. The lowest BCUT2D eigenvalue weighted by Gasteiger charge is -2.20. The van der Waals surface area contributed by atoms with E-state index in [1.54, 1.807) is 11.8 Å². The lowest BCUT2D eigenvalue weighted by Crippen LogP contribution is -2.35. The number of hydrogen-bond acceptors (Lipinski definition) is 5. The maximum Gasteiger partial charge on any atom is 0.327 e. The predicted molar refractivity (Wildman–Crippen MR) is 84.6 cm³/mol. The molecule has 2 atom stereocenters. The van der Waals surface area contributed by atoms with Crippen LogP contribution in [0.4, 0.5) is 0 Å². The van der Waals surface area contributed by atoms with Crippen LogP contribution >= 0.6 is 11.8 Å². The summed E-state index contributed by atoms with van der Waals surface area (Å²) < 4.78 is 10.8. The summed E-state index contributed by atoms with van der Waals surface area (Å²) >= 11 is 1.69. The van der Waals surface area contributed by atoms with Crippen LogP contribution in [0.2, 0.25) is 0 Å². The minimum atomic E-state index is -0.426. The van der Waals surface area contributed by atoms with E-state index in [0.29, 0.717) is 13.2 Å². The van der Waals surface area contributed by atoms with Crippen LogP contribution in [0.15, 0.2) is 29.2 Å². The van der Waals surface area contributed by atoms with Crippen LogP contribution in [0.1, 0.15) is 31.4 Å². The fourth-order valence-corrected chi connectivity index (χ4v) is 2.82. The van der Waals surface area contributed by atoms with Crippen LogP contribution in [0, 0.1) is 0 Å². The molecule has 1 fully saturated rings. The van der Waals surface area contributed by atoms with E-state index >= 15 is 0 Å². The Morgan fingerprint density at radius 1 is 1.48 bits per heavy atom. The number of benzene rings is 1. The van der Waals surface area contributed by atoms with E-state index in [1.807, 2.05) is 37.4 Å². The largest absolute Gasteiger partial charge is 0.465 e. The molecule has 1 aliphatic rings. The van der Waals surface area contributed by atoms with Crippen molar-refractivity contribution in [2.75, 3.05) is 26.0 Å². The highest BCUT2D eigenvalue weighted by atomic mass is 32.2. The van der Waals surface area contributed by atoms with Crippen LogP contribution in [-0.2, 0) is 14.3 Å². The van der Waals surface area contributed by atoms with Gasteiger partial charge in [-0.15, -0.1) is 11.8 Å². The lowest BCUT2D eigenvalue weighted by molar-refractivity contribution is -0.146. The van der Waals surface area contributed by atoms with Crippen LogP contribution in [0.25, 0.3) is 0 Å². The molecule has 1 aromatic carbocycles. The molecule has 1 saturated heterocycles. The molecule has 0 bridgehead atoms. The summed E-state index contributed by atoms with van der Waals surface area (Å²) in [4.78, 5) is 13.4. The average Bonchev–Trinajstić information content (AvgIpc) is 3.02. The Morgan fingerprint density at radius 3 is 2.81 bits per heavy atom. The van der Waals surface area contributed by atoms with Gasteiger partial charge < -0.3 is 9.47 Å². The Bertz CT molecular complexity index is 443. The van der Waals surface area contributed by atoms with E-state index in [4.69, 9.17) is 9.47 Å². The van der Waals surface area contributed by atoms with E-state index < -0.39 is 6.04 Å². The minimum absolute atomic E-state index is 0.201. The van der Waals surface area contributed by atoms with Gasteiger partial charge in [0.2, 0.25) is 0 Å². The third kappa shape index (κ3) is 4.73. The Morgan fingerprint density at radius 2 is 2.24 bits per heavy atom. The van der Waals surface area contributed by atoms with E-state index in [1.165, 1.54) is 4.90 Å². The number of ether oxygens (including phenoxy) is 2. The molecule has 4 nitrogen and oxygen atoms in total. The lowest BCUT2D eigenvalue weighted by atomic mass is 10.1. The zero-order chi connectivity index (χ0) is 15.1. The van der Waals surface area contributed by atoms with Crippen molar-refractivity contribution in [2.45, 2.75) is 36.8 Å². The number of carbonyl (C=O) groups is 1. The van der Waals surface area contributed by atoms with E-state index in [2.05, 4.69) is 5.32 Å². The highest BCUT2D eigenvalue weighted by Gasteiger charge is 2.24. The summed E-state index contributed by atoms with van der Waals surface area (Å²) in [6, 6.07) is 7.59. The topological polar surface area (TPSA) is 47.6 Å². The maximum atomic E-state index is 12.2. The van der Waals surface area contributed by atoms with Crippen molar-refractivity contribution in [1.82, 2.24) is 5.32 Å². The Labute approximate surface area is 130 Å². The Balaban J connectivity index is 2.04. The molecule has 1 aliphatic heterocycles. The predicted octanol–water partition coefficient (Wildman–Crippen LogP) is 2.78. The SMILES string of the molecule is CCOC(=O)C(NCC1CCCO1)c1ccc(SC)cc1. The second-order valence-electron chi connectivity index (χ2n) is 5.00. The van der Waals surface area contributed by atoms with Crippen molar-refractivity contribution >= 4 is 17.7 Å². The van der Waals surface area contributed by atoms with Gasteiger partial charge in [-0.05, 0) is 43.7 Å². The summed E-state index contributed by atoms with van der Waals surface area (Å²) in [5, 5.41) is 3.29. The minimum Gasteiger partial charge on any atom is -0.465 e. The van der Waals surface area contributed by atoms with Gasteiger partial charge in [0.15, 0.2) is 0 Å². The van der Waals surface area contributed by atoms with Gasteiger partial charge in [0.05, 0.1) is 12.7 Å². The molecule has 0 spiro atoms.